The summed E-state index contributed by atoms with van der Waals surface area (Å²) in [4.78, 5) is 34.4. The largest absolute Gasteiger partial charge is 0.378 e. The van der Waals surface area contributed by atoms with Gasteiger partial charge in [-0.1, -0.05) is 23.7 Å². The van der Waals surface area contributed by atoms with E-state index in [0.29, 0.717) is 48.9 Å². The molecule has 4 heterocycles. The Hall–Kier alpha value is -2.92. The van der Waals surface area contributed by atoms with Crippen molar-refractivity contribution in [3.05, 3.63) is 52.8 Å². The lowest BCUT2D eigenvalue weighted by Gasteiger charge is -2.45. The van der Waals surface area contributed by atoms with Gasteiger partial charge in [-0.25, -0.2) is 0 Å². The fraction of sp³-hybridized carbons (Fsp3) is 0.481. The number of anilines is 2. The Labute approximate surface area is 239 Å². The third kappa shape index (κ3) is 6.14. The fourth-order valence-electron chi connectivity index (χ4n) is 5.44. The predicted molar refractivity (Wildman–Crippen MR) is 152 cm³/mol. The summed E-state index contributed by atoms with van der Waals surface area (Å²) in [6.45, 7) is 7.19. The number of rotatable bonds is 5. The standard InChI is InChI=1S/C27H33ClN6O4.ClH/c1-17-14-19(7-11-38-17)34-23(35)16-27(2,32-26(34)29)20-4-3-5-21(24(20)28)31-25(36)22-15-18(6-8-30-22)33-9-12-37-13-10-33;/h3-6,8,15,17,19H,7,9-14,16H2,1-2H3,(H2,29,32)(H,31,36);1H/t17-,19-,27+;/m1./s1. The van der Waals surface area contributed by atoms with Crippen molar-refractivity contribution in [1.29, 1.82) is 5.41 Å². The number of ether oxygens (including phenoxy) is 2. The number of hydrogen-bond donors (Lipinski definition) is 3. The smallest absolute Gasteiger partial charge is 0.274 e. The van der Waals surface area contributed by atoms with Crippen LogP contribution in [0.1, 0.15) is 49.2 Å². The molecule has 2 amide bonds. The molecule has 0 saturated carbocycles. The summed E-state index contributed by atoms with van der Waals surface area (Å²) in [6.07, 6.45) is 3.17. The van der Waals surface area contributed by atoms with Gasteiger partial charge in [-0.2, -0.15) is 0 Å². The van der Waals surface area contributed by atoms with Crippen LogP contribution >= 0.6 is 24.0 Å². The van der Waals surface area contributed by atoms with Gasteiger partial charge in [0, 0.05) is 37.6 Å². The minimum Gasteiger partial charge on any atom is -0.378 e. The molecule has 0 bridgehead atoms. The Bertz CT molecular complexity index is 1220. The van der Waals surface area contributed by atoms with Crippen molar-refractivity contribution in [3.63, 3.8) is 0 Å². The lowest BCUT2D eigenvalue weighted by Crippen LogP contribution is -2.63. The summed E-state index contributed by atoms with van der Waals surface area (Å²) in [5.74, 6) is -0.466. The fourth-order valence-corrected chi connectivity index (χ4v) is 5.82. The van der Waals surface area contributed by atoms with Crippen LogP contribution < -0.4 is 15.5 Å². The van der Waals surface area contributed by atoms with Crippen LogP contribution in [0.5, 0.6) is 0 Å². The molecule has 3 fully saturated rings. The van der Waals surface area contributed by atoms with E-state index in [1.165, 1.54) is 0 Å². The number of carbonyl (C=O) groups excluding carboxylic acids is 2. The highest BCUT2D eigenvalue weighted by Gasteiger charge is 2.43. The van der Waals surface area contributed by atoms with Crippen LogP contribution in [-0.4, -0.2) is 72.7 Å². The number of carbonyl (C=O) groups is 2. The Kier molecular flexibility index (Phi) is 9.00. The highest BCUT2D eigenvalue weighted by Crippen LogP contribution is 2.38. The molecule has 3 aliphatic rings. The molecule has 39 heavy (non-hydrogen) atoms. The highest BCUT2D eigenvalue weighted by atomic mass is 35.5. The van der Waals surface area contributed by atoms with E-state index in [2.05, 4.69) is 20.5 Å². The molecule has 210 valence electrons. The molecule has 0 radical (unpaired) electrons. The quantitative estimate of drug-likeness (QED) is 0.495. The molecule has 3 atom stereocenters. The predicted octanol–water partition coefficient (Wildman–Crippen LogP) is 3.79. The lowest BCUT2D eigenvalue weighted by atomic mass is 9.85. The Morgan fingerprint density at radius 3 is 2.74 bits per heavy atom. The minimum absolute atomic E-state index is 0. The van der Waals surface area contributed by atoms with Gasteiger partial charge in [0.15, 0.2) is 5.96 Å². The van der Waals surface area contributed by atoms with E-state index in [4.69, 9.17) is 26.5 Å². The number of pyridine rings is 1. The summed E-state index contributed by atoms with van der Waals surface area (Å²) < 4.78 is 11.0. The zero-order chi connectivity index (χ0) is 26.9. The van der Waals surface area contributed by atoms with Crippen LogP contribution in [0.15, 0.2) is 36.5 Å². The number of benzene rings is 1. The van der Waals surface area contributed by atoms with Crippen LogP contribution in [0.3, 0.4) is 0 Å². The number of nitrogens with zero attached hydrogens (tertiary/aromatic N) is 3. The maximum Gasteiger partial charge on any atom is 0.274 e. The molecule has 0 aliphatic carbocycles. The van der Waals surface area contributed by atoms with Crippen LogP contribution in [0, 0.1) is 5.41 Å². The van der Waals surface area contributed by atoms with Gasteiger partial charge >= 0.3 is 0 Å². The van der Waals surface area contributed by atoms with E-state index in [-0.39, 0.29) is 54.4 Å². The molecule has 0 spiro atoms. The Morgan fingerprint density at radius 1 is 1.26 bits per heavy atom. The lowest BCUT2D eigenvalue weighted by molar-refractivity contribution is -0.134. The summed E-state index contributed by atoms with van der Waals surface area (Å²) in [7, 11) is 0. The second kappa shape index (κ2) is 12.1. The molecule has 12 heteroatoms. The van der Waals surface area contributed by atoms with E-state index in [1.54, 1.807) is 29.3 Å². The number of aromatic nitrogens is 1. The Morgan fingerprint density at radius 2 is 2.03 bits per heavy atom. The molecule has 3 N–H and O–H groups in total. The molecule has 0 unspecified atom stereocenters. The van der Waals surface area contributed by atoms with E-state index >= 15 is 0 Å². The number of hydrogen-bond acceptors (Lipinski definition) is 7. The molecule has 2 aromatic rings. The van der Waals surface area contributed by atoms with Gasteiger partial charge in [-0.05, 0) is 50.5 Å². The van der Waals surface area contributed by atoms with Crippen LogP contribution in [-0.2, 0) is 19.8 Å². The van der Waals surface area contributed by atoms with Crippen molar-refractivity contribution < 1.29 is 19.1 Å². The normalized spacial score (nSPS) is 25.5. The third-order valence-corrected chi connectivity index (χ3v) is 7.83. The van der Waals surface area contributed by atoms with Gasteiger partial charge in [0.2, 0.25) is 5.91 Å². The highest BCUT2D eigenvalue weighted by molar-refractivity contribution is 6.35. The molecular formula is C27H34Cl2N6O4. The van der Waals surface area contributed by atoms with Crippen molar-refractivity contribution >= 4 is 53.2 Å². The van der Waals surface area contributed by atoms with Crippen LogP contribution in [0.25, 0.3) is 0 Å². The van der Waals surface area contributed by atoms with Gasteiger partial charge in [0.25, 0.3) is 5.91 Å². The molecule has 10 nitrogen and oxygen atoms in total. The summed E-state index contributed by atoms with van der Waals surface area (Å²) in [5.41, 5.74) is 1.32. The zero-order valence-electron chi connectivity index (χ0n) is 22.0. The van der Waals surface area contributed by atoms with Crippen molar-refractivity contribution in [2.24, 2.45) is 0 Å². The molecule has 5 rings (SSSR count). The van der Waals surface area contributed by atoms with E-state index in [9.17, 15) is 9.59 Å². The Balaban J connectivity index is 0.00000353. The summed E-state index contributed by atoms with van der Waals surface area (Å²) >= 11 is 6.81. The second-order valence-corrected chi connectivity index (χ2v) is 10.6. The average Bonchev–Trinajstić information content (AvgIpc) is 2.90. The average molecular weight is 578 g/mol. The van der Waals surface area contributed by atoms with Gasteiger partial charge in [-0.3, -0.25) is 24.9 Å². The monoisotopic (exact) mass is 576 g/mol. The van der Waals surface area contributed by atoms with E-state index in [1.807, 2.05) is 26.0 Å². The maximum atomic E-state index is 13.3. The van der Waals surface area contributed by atoms with E-state index in [0.717, 1.165) is 18.8 Å². The molecule has 3 aliphatic heterocycles. The number of morpholine rings is 1. The third-order valence-electron chi connectivity index (χ3n) is 7.43. The summed E-state index contributed by atoms with van der Waals surface area (Å²) in [5, 5.41) is 15.1. The van der Waals surface area contributed by atoms with Crippen molar-refractivity contribution in [2.45, 2.75) is 50.8 Å². The first kappa shape index (κ1) is 29.1. The van der Waals surface area contributed by atoms with Gasteiger partial charge in [0.1, 0.15) is 5.69 Å². The minimum atomic E-state index is -0.909. The second-order valence-electron chi connectivity index (χ2n) is 10.2. The first-order chi connectivity index (χ1) is 18.2. The van der Waals surface area contributed by atoms with Crippen molar-refractivity contribution in [3.8, 4) is 0 Å². The number of halogens is 2. The van der Waals surface area contributed by atoms with Gasteiger partial charge in [-0.15, -0.1) is 12.4 Å². The van der Waals surface area contributed by atoms with Crippen molar-refractivity contribution in [2.75, 3.05) is 43.1 Å². The first-order valence-corrected chi connectivity index (χ1v) is 13.3. The van der Waals surface area contributed by atoms with Crippen molar-refractivity contribution in [1.82, 2.24) is 15.2 Å². The maximum absolute atomic E-state index is 13.3. The van der Waals surface area contributed by atoms with Gasteiger partial charge in [0.05, 0.1) is 42.0 Å². The first-order valence-electron chi connectivity index (χ1n) is 12.9. The molecule has 1 aromatic heterocycles. The summed E-state index contributed by atoms with van der Waals surface area (Å²) in [6, 6.07) is 8.87. The molecular weight excluding hydrogens is 543 g/mol. The van der Waals surface area contributed by atoms with Crippen LogP contribution in [0.4, 0.5) is 11.4 Å². The van der Waals surface area contributed by atoms with E-state index < -0.39 is 5.54 Å². The number of nitrogens with one attached hydrogen (secondary N) is 3. The molecule has 3 saturated heterocycles. The van der Waals surface area contributed by atoms with Crippen LogP contribution in [0.2, 0.25) is 5.02 Å². The number of guanidine groups is 1. The zero-order valence-corrected chi connectivity index (χ0v) is 23.6. The topological polar surface area (TPSA) is 120 Å². The molecule has 1 aromatic carbocycles. The SMILES string of the molecule is C[C@@H]1C[C@H](N2C(=N)N[C@](C)(c3cccc(NC(=O)c4cc(N5CCOCC5)ccn4)c3Cl)CC2=O)CCO1.Cl. The number of amides is 2. The van der Waals surface area contributed by atoms with Gasteiger partial charge < -0.3 is 25.0 Å².